The summed E-state index contributed by atoms with van der Waals surface area (Å²) in [5, 5.41) is 12.4. The molecule has 2 aromatic heterocycles. The van der Waals surface area contributed by atoms with Crippen LogP contribution >= 0.6 is 11.6 Å². The van der Waals surface area contributed by atoms with Crippen LogP contribution < -0.4 is 16.4 Å². The number of aromatic nitrogens is 4. The molecule has 0 aliphatic carbocycles. The summed E-state index contributed by atoms with van der Waals surface area (Å²) in [6, 6.07) is 7.29. The van der Waals surface area contributed by atoms with Crippen molar-refractivity contribution in [2.75, 3.05) is 17.2 Å². The standard InChI is InChI=1S/C18H24ClN7/c1-18(2,3)25-15-12-9-22-26(4)16(12)24-17(23-15)21-10-14(20)11-7-5-6-8-13(11)19/h5-9,14H,10,20H2,1-4H3,(H2,21,23,24,25). The van der Waals surface area contributed by atoms with Gasteiger partial charge in [-0.3, -0.25) is 4.68 Å². The summed E-state index contributed by atoms with van der Waals surface area (Å²) in [5.41, 5.74) is 7.77. The summed E-state index contributed by atoms with van der Waals surface area (Å²) < 4.78 is 1.73. The lowest BCUT2D eigenvalue weighted by Crippen LogP contribution is -2.27. The van der Waals surface area contributed by atoms with Crippen LogP contribution in [0.4, 0.5) is 11.8 Å². The van der Waals surface area contributed by atoms with E-state index < -0.39 is 0 Å². The van der Waals surface area contributed by atoms with Crippen LogP contribution in [0.3, 0.4) is 0 Å². The van der Waals surface area contributed by atoms with Gasteiger partial charge in [0.1, 0.15) is 5.82 Å². The maximum absolute atomic E-state index is 6.27. The molecule has 0 radical (unpaired) electrons. The van der Waals surface area contributed by atoms with E-state index in [2.05, 4.69) is 46.5 Å². The Kier molecular flexibility index (Phi) is 5.02. The smallest absolute Gasteiger partial charge is 0.226 e. The molecular formula is C18H24ClN7. The monoisotopic (exact) mass is 373 g/mol. The van der Waals surface area contributed by atoms with E-state index >= 15 is 0 Å². The van der Waals surface area contributed by atoms with E-state index in [1.54, 1.807) is 10.9 Å². The first-order chi connectivity index (χ1) is 12.2. The number of anilines is 2. The molecule has 1 unspecified atom stereocenters. The molecule has 0 aliphatic heterocycles. The fourth-order valence-corrected chi connectivity index (χ4v) is 2.91. The van der Waals surface area contributed by atoms with Gasteiger partial charge >= 0.3 is 0 Å². The Morgan fingerprint density at radius 2 is 1.96 bits per heavy atom. The Morgan fingerprint density at radius 3 is 2.65 bits per heavy atom. The summed E-state index contributed by atoms with van der Waals surface area (Å²) in [4.78, 5) is 9.18. The molecule has 3 rings (SSSR count). The lowest BCUT2D eigenvalue weighted by atomic mass is 10.1. The second-order valence-corrected chi connectivity index (χ2v) is 7.69. The van der Waals surface area contributed by atoms with Gasteiger partial charge in [0, 0.05) is 30.2 Å². The third-order valence-electron chi connectivity index (χ3n) is 3.87. The average molecular weight is 374 g/mol. The fraction of sp³-hybridized carbons (Fsp3) is 0.389. The highest BCUT2D eigenvalue weighted by atomic mass is 35.5. The van der Waals surface area contributed by atoms with E-state index in [1.165, 1.54) is 0 Å². The molecule has 3 aromatic rings. The molecule has 1 atom stereocenters. The number of hydrogen-bond acceptors (Lipinski definition) is 6. The van der Waals surface area contributed by atoms with Gasteiger partial charge in [0.25, 0.3) is 0 Å². The number of benzene rings is 1. The Labute approximate surface area is 158 Å². The second kappa shape index (κ2) is 7.09. The van der Waals surface area contributed by atoms with Gasteiger partial charge in [0.05, 0.1) is 11.6 Å². The van der Waals surface area contributed by atoms with E-state index in [4.69, 9.17) is 17.3 Å². The first-order valence-electron chi connectivity index (χ1n) is 8.46. The molecule has 138 valence electrons. The predicted octanol–water partition coefficient (Wildman–Crippen LogP) is 3.34. The van der Waals surface area contributed by atoms with E-state index in [-0.39, 0.29) is 11.6 Å². The molecule has 2 heterocycles. The molecule has 0 saturated carbocycles. The normalized spacial score (nSPS) is 13.0. The molecule has 7 nitrogen and oxygen atoms in total. The van der Waals surface area contributed by atoms with Crippen LogP contribution in [0.5, 0.6) is 0 Å². The minimum atomic E-state index is -0.270. The first-order valence-corrected chi connectivity index (χ1v) is 8.84. The van der Waals surface area contributed by atoms with Gasteiger partial charge in [-0.2, -0.15) is 15.1 Å². The topological polar surface area (TPSA) is 93.7 Å². The number of aryl methyl sites for hydroxylation is 1. The predicted molar refractivity (Wildman–Crippen MR) is 107 cm³/mol. The SMILES string of the molecule is Cn1ncc2c(NC(C)(C)C)nc(NCC(N)c3ccccc3Cl)nc21. The minimum Gasteiger partial charge on any atom is -0.365 e. The van der Waals surface area contributed by atoms with Crippen molar-refractivity contribution in [2.45, 2.75) is 32.4 Å². The Bertz CT molecular complexity index is 914. The quantitative estimate of drug-likeness (QED) is 0.635. The third-order valence-corrected chi connectivity index (χ3v) is 4.21. The highest BCUT2D eigenvalue weighted by Gasteiger charge is 2.17. The first kappa shape index (κ1) is 18.4. The largest absolute Gasteiger partial charge is 0.365 e. The van der Waals surface area contributed by atoms with Crippen molar-refractivity contribution >= 4 is 34.4 Å². The van der Waals surface area contributed by atoms with Crippen LogP contribution in [0.2, 0.25) is 5.02 Å². The van der Waals surface area contributed by atoms with Crippen LogP contribution in [0.1, 0.15) is 32.4 Å². The zero-order valence-corrected chi connectivity index (χ0v) is 16.2. The summed E-state index contributed by atoms with van der Waals surface area (Å²) in [6.07, 6.45) is 1.77. The molecule has 26 heavy (non-hydrogen) atoms. The van der Waals surface area contributed by atoms with Crippen LogP contribution in [0, 0.1) is 0 Å². The molecule has 0 aliphatic rings. The highest BCUT2D eigenvalue weighted by Crippen LogP contribution is 2.25. The highest BCUT2D eigenvalue weighted by molar-refractivity contribution is 6.31. The number of hydrogen-bond donors (Lipinski definition) is 3. The lowest BCUT2D eigenvalue weighted by Gasteiger charge is -2.22. The summed E-state index contributed by atoms with van der Waals surface area (Å²) in [7, 11) is 1.86. The van der Waals surface area contributed by atoms with Gasteiger partial charge in [-0.15, -0.1) is 0 Å². The fourth-order valence-electron chi connectivity index (χ4n) is 2.64. The van der Waals surface area contributed by atoms with Gasteiger partial charge in [0.2, 0.25) is 5.95 Å². The Hall–Kier alpha value is -2.38. The van der Waals surface area contributed by atoms with Crippen LogP contribution in [0.25, 0.3) is 11.0 Å². The van der Waals surface area contributed by atoms with Crippen LogP contribution in [-0.2, 0) is 7.05 Å². The summed E-state index contributed by atoms with van der Waals surface area (Å²) in [6.45, 7) is 6.70. The number of nitrogens with two attached hydrogens (primary N) is 1. The number of nitrogens with zero attached hydrogens (tertiary/aromatic N) is 4. The van der Waals surface area contributed by atoms with E-state index in [0.717, 1.165) is 22.4 Å². The number of fused-ring (bicyclic) bond motifs is 1. The number of rotatable bonds is 5. The molecule has 8 heteroatoms. The van der Waals surface area contributed by atoms with E-state index in [9.17, 15) is 0 Å². The van der Waals surface area contributed by atoms with Crippen molar-refractivity contribution in [3.8, 4) is 0 Å². The molecule has 0 fully saturated rings. The minimum absolute atomic E-state index is 0.137. The average Bonchev–Trinajstić information content (AvgIpc) is 2.93. The van der Waals surface area contributed by atoms with E-state index in [1.807, 2.05) is 31.3 Å². The van der Waals surface area contributed by atoms with Gasteiger partial charge < -0.3 is 16.4 Å². The molecular weight excluding hydrogens is 350 g/mol. The van der Waals surface area contributed by atoms with Crippen molar-refractivity contribution in [3.05, 3.63) is 41.0 Å². The molecule has 0 bridgehead atoms. The molecule has 0 saturated heterocycles. The lowest BCUT2D eigenvalue weighted by molar-refractivity contribution is 0.631. The molecule has 0 spiro atoms. The maximum Gasteiger partial charge on any atom is 0.226 e. The van der Waals surface area contributed by atoms with Crippen molar-refractivity contribution in [2.24, 2.45) is 12.8 Å². The Balaban J connectivity index is 1.86. The molecule has 4 N–H and O–H groups in total. The Morgan fingerprint density at radius 1 is 1.23 bits per heavy atom. The van der Waals surface area contributed by atoms with Crippen molar-refractivity contribution < 1.29 is 0 Å². The van der Waals surface area contributed by atoms with Gasteiger partial charge in [-0.25, -0.2) is 0 Å². The maximum atomic E-state index is 6.27. The van der Waals surface area contributed by atoms with Crippen molar-refractivity contribution in [3.63, 3.8) is 0 Å². The third kappa shape index (κ3) is 4.05. The molecule has 1 aromatic carbocycles. The zero-order valence-electron chi connectivity index (χ0n) is 15.4. The van der Waals surface area contributed by atoms with Gasteiger partial charge in [0.15, 0.2) is 5.65 Å². The van der Waals surface area contributed by atoms with Crippen molar-refractivity contribution in [1.82, 2.24) is 19.7 Å². The zero-order chi connectivity index (χ0) is 18.9. The second-order valence-electron chi connectivity index (χ2n) is 7.29. The van der Waals surface area contributed by atoms with Gasteiger partial charge in [-0.1, -0.05) is 29.8 Å². The van der Waals surface area contributed by atoms with Crippen molar-refractivity contribution in [1.29, 1.82) is 0 Å². The van der Waals surface area contributed by atoms with Gasteiger partial charge in [-0.05, 0) is 32.4 Å². The van der Waals surface area contributed by atoms with Crippen LogP contribution in [-0.4, -0.2) is 31.8 Å². The van der Waals surface area contributed by atoms with E-state index in [0.29, 0.717) is 17.5 Å². The number of nitrogens with one attached hydrogen (secondary N) is 2. The molecule has 0 amide bonds. The van der Waals surface area contributed by atoms with Crippen LogP contribution in [0.15, 0.2) is 30.5 Å². The summed E-state index contributed by atoms with van der Waals surface area (Å²) in [5.74, 6) is 1.24. The number of halogens is 1. The summed E-state index contributed by atoms with van der Waals surface area (Å²) >= 11 is 6.22.